The van der Waals surface area contributed by atoms with Crippen LogP contribution in [0.2, 0.25) is 0 Å². The molecule has 1 aromatic carbocycles. The Balaban J connectivity index is 3.01. The fraction of sp³-hybridized carbons (Fsp3) is 0.538. The second-order valence-electron chi connectivity index (χ2n) is 3.61. The van der Waals surface area contributed by atoms with Crippen molar-refractivity contribution in [2.24, 2.45) is 0 Å². The van der Waals surface area contributed by atoms with Crippen molar-refractivity contribution >= 4 is 0 Å². The van der Waals surface area contributed by atoms with Gasteiger partial charge in [-0.1, -0.05) is 32.0 Å². The van der Waals surface area contributed by atoms with Crippen molar-refractivity contribution in [1.29, 1.82) is 0 Å². The minimum Gasteiger partial charge on any atom is -0.377 e. The van der Waals surface area contributed by atoms with E-state index in [4.69, 9.17) is 4.74 Å². The third kappa shape index (κ3) is 2.36. The van der Waals surface area contributed by atoms with E-state index in [0.717, 1.165) is 12.8 Å². The van der Waals surface area contributed by atoms with Crippen LogP contribution in [-0.2, 0) is 17.6 Å². The highest BCUT2D eigenvalue weighted by atomic mass is 16.5. The molecule has 0 heterocycles. The van der Waals surface area contributed by atoms with Gasteiger partial charge < -0.3 is 4.74 Å². The monoisotopic (exact) mass is 192 g/mol. The van der Waals surface area contributed by atoms with Gasteiger partial charge in [0.25, 0.3) is 0 Å². The molecule has 78 valence electrons. The van der Waals surface area contributed by atoms with Gasteiger partial charge in [-0.15, -0.1) is 0 Å². The van der Waals surface area contributed by atoms with Crippen molar-refractivity contribution in [2.75, 3.05) is 7.11 Å². The Morgan fingerprint density at radius 3 is 2.29 bits per heavy atom. The van der Waals surface area contributed by atoms with Gasteiger partial charge >= 0.3 is 0 Å². The molecule has 0 fully saturated rings. The molecule has 0 aliphatic rings. The normalized spacial score (nSPS) is 12.9. The standard InChI is InChI=1S/C13H20O/c1-5-11-7-8-13(10(3)14-4)9-12(11)6-2/h7-10H,5-6H2,1-4H3. The summed E-state index contributed by atoms with van der Waals surface area (Å²) in [5.74, 6) is 0. The van der Waals surface area contributed by atoms with E-state index in [9.17, 15) is 0 Å². The number of hydrogen-bond donors (Lipinski definition) is 0. The Hall–Kier alpha value is -0.820. The SMILES string of the molecule is CCc1ccc(C(C)OC)cc1CC. The second kappa shape index (κ2) is 5.16. The molecule has 0 N–H and O–H groups in total. The van der Waals surface area contributed by atoms with Crippen molar-refractivity contribution in [1.82, 2.24) is 0 Å². The summed E-state index contributed by atoms with van der Waals surface area (Å²) in [4.78, 5) is 0. The molecule has 0 spiro atoms. The van der Waals surface area contributed by atoms with Crippen LogP contribution < -0.4 is 0 Å². The largest absolute Gasteiger partial charge is 0.377 e. The molecular formula is C13H20O. The van der Waals surface area contributed by atoms with Crippen LogP contribution in [-0.4, -0.2) is 7.11 Å². The molecule has 1 atom stereocenters. The molecule has 0 aliphatic carbocycles. The third-order valence-electron chi connectivity index (χ3n) is 2.82. The summed E-state index contributed by atoms with van der Waals surface area (Å²) in [6.07, 6.45) is 2.42. The molecule has 0 aliphatic heterocycles. The quantitative estimate of drug-likeness (QED) is 0.709. The number of methoxy groups -OCH3 is 1. The maximum absolute atomic E-state index is 5.31. The van der Waals surface area contributed by atoms with E-state index in [2.05, 4.69) is 39.0 Å². The summed E-state index contributed by atoms with van der Waals surface area (Å²) in [7, 11) is 1.75. The average Bonchev–Trinajstić information content (AvgIpc) is 2.26. The molecule has 1 heteroatoms. The lowest BCUT2D eigenvalue weighted by atomic mass is 9.98. The fourth-order valence-electron chi connectivity index (χ4n) is 1.71. The van der Waals surface area contributed by atoms with Gasteiger partial charge in [-0.25, -0.2) is 0 Å². The van der Waals surface area contributed by atoms with Gasteiger partial charge in [0.2, 0.25) is 0 Å². The van der Waals surface area contributed by atoms with E-state index < -0.39 is 0 Å². The second-order valence-corrected chi connectivity index (χ2v) is 3.61. The number of benzene rings is 1. The Bertz CT molecular complexity index is 291. The van der Waals surface area contributed by atoms with E-state index in [1.807, 2.05) is 0 Å². The van der Waals surface area contributed by atoms with Gasteiger partial charge in [0, 0.05) is 7.11 Å². The third-order valence-corrected chi connectivity index (χ3v) is 2.82. The minimum absolute atomic E-state index is 0.200. The van der Waals surface area contributed by atoms with Gasteiger partial charge in [-0.05, 0) is 36.5 Å². The van der Waals surface area contributed by atoms with E-state index >= 15 is 0 Å². The van der Waals surface area contributed by atoms with Gasteiger partial charge in [0.05, 0.1) is 6.10 Å². The van der Waals surface area contributed by atoms with Crippen LogP contribution in [0.4, 0.5) is 0 Å². The molecule has 0 bridgehead atoms. The van der Waals surface area contributed by atoms with Crippen molar-refractivity contribution in [2.45, 2.75) is 39.7 Å². The number of ether oxygens (including phenoxy) is 1. The zero-order valence-corrected chi connectivity index (χ0v) is 9.63. The molecule has 0 saturated carbocycles. The van der Waals surface area contributed by atoms with Crippen LogP contribution in [0.25, 0.3) is 0 Å². The molecular weight excluding hydrogens is 172 g/mol. The van der Waals surface area contributed by atoms with Gasteiger partial charge in [0.15, 0.2) is 0 Å². The first kappa shape index (κ1) is 11.3. The predicted molar refractivity (Wildman–Crippen MR) is 60.6 cm³/mol. The van der Waals surface area contributed by atoms with Crippen molar-refractivity contribution in [3.8, 4) is 0 Å². The lowest BCUT2D eigenvalue weighted by Gasteiger charge is -2.13. The zero-order chi connectivity index (χ0) is 10.6. The van der Waals surface area contributed by atoms with E-state index in [0.29, 0.717) is 0 Å². The summed E-state index contributed by atoms with van der Waals surface area (Å²) in [6.45, 7) is 6.49. The Morgan fingerprint density at radius 2 is 1.79 bits per heavy atom. The first-order valence-electron chi connectivity index (χ1n) is 5.37. The highest BCUT2D eigenvalue weighted by molar-refractivity contribution is 5.33. The summed E-state index contributed by atoms with van der Waals surface area (Å²) < 4.78 is 5.31. The summed E-state index contributed by atoms with van der Waals surface area (Å²) in [6, 6.07) is 6.67. The van der Waals surface area contributed by atoms with Gasteiger partial charge in [0.1, 0.15) is 0 Å². The first-order chi connectivity index (χ1) is 6.72. The predicted octanol–water partition coefficient (Wildman–Crippen LogP) is 3.52. The molecule has 14 heavy (non-hydrogen) atoms. The smallest absolute Gasteiger partial charge is 0.0793 e. The van der Waals surface area contributed by atoms with Crippen molar-refractivity contribution in [3.05, 3.63) is 34.9 Å². The topological polar surface area (TPSA) is 9.23 Å². The van der Waals surface area contributed by atoms with Crippen LogP contribution in [0.1, 0.15) is 43.6 Å². The first-order valence-corrected chi connectivity index (χ1v) is 5.37. The average molecular weight is 192 g/mol. The zero-order valence-electron chi connectivity index (χ0n) is 9.63. The van der Waals surface area contributed by atoms with E-state index in [1.54, 1.807) is 7.11 Å². The fourth-order valence-corrected chi connectivity index (χ4v) is 1.71. The van der Waals surface area contributed by atoms with Crippen LogP contribution in [0, 0.1) is 0 Å². The minimum atomic E-state index is 0.200. The van der Waals surface area contributed by atoms with Crippen molar-refractivity contribution in [3.63, 3.8) is 0 Å². The molecule has 1 aromatic rings. The van der Waals surface area contributed by atoms with Gasteiger partial charge in [-0.3, -0.25) is 0 Å². The van der Waals surface area contributed by atoms with Crippen LogP contribution in [0.15, 0.2) is 18.2 Å². The molecule has 0 aromatic heterocycles. The lowest BCUT2D eigenvalue weighted by molar-refractivity contribution is 0.119. The van der Waals surface area contributed by atoms with Crippen LogP contribution in [0.3, 0.4) is 0 Å². The van der Waals surface area contributed by atoms with Crippen molar-refractivity contribution < 1.29 is 4.74 Å². The summed E-state index contributed by atoms with van der Waals surface area (Å²) in [5, 5.41) is 0. The number of hydrogen-bond acceptors (Lipinski definition) is 1. The molecule has 0 amide bonds. The van der Waals surface area contributed by atoms with Crippen LogP contribution in [0.5, 0.6) is 0 Å². The maximum atomic E-state index is 5.31. The maximum Gasteiger partial charge on any atom is 0.0793 e. The highest BCUT2D eigenvalue weighted by Gasteiger charge is 2.06. The number of rotatable bonds is 4. The van der Waals surface area contributed by atoms with E-state index in [-0.39, 0.29) is 6.10 Å². The molecule has 1 rings (SSSR count). The Labute approximate surface area is 87.1 Å². The van der Waals surface area contributed by atoms with E-state index in [1.165, 1.54) is 16.7 Å². The summed E-state index contributed by atoms with van der Waals surface area (Å²) >= 11 is 0. The molecule has 1 nitrogen and oxygen atoms in total. The lowest BCUT2D eigenvalue weighted by Crippen LogP contribution is -1.99. The molecule has 0 radical (unpaired) electrons. The van der Waals surface area contributed by atoms with Gasteiger partial charge in [-0.2, -0.15) is 0 Å². The van der Waals surface area contributed by atoms with Crippen LogP contribution >= 0.6 is 0 Å². The highest BCUT2D eigenvalue weighted by Crippen LogP contribution is 2.20. The molecule has 1 unspecified atom stereocenters. The Morgan fingerprint density at radius 1 is 1.14 bits per heavy atom. The number of aryl methyl sites for hydroxylation is 2. The summed E-state index contributed by atoms with van der Waals surface area (Å²) in [5.41, 5.74) is 4.19. The molecule has 0 saturated heterocycles. The Kier molecular flexibility index (Phi) is 4.15.